The Morgan fingerprint density at radius 2 is 1.50 bits per heavy atom. The molecule has 2 aliphatic heterocycles. The summed E-state index contributed by atoms with van der Waals surface area (Å²) in [5, 5.41) is 0. The van der Waals surface area contributed by atoms with E-state index >= 15 is 0 Å². The van der Waals surface area contributed by atoms with Crippen molar-refractivity contribution in [1.82, 2.24) is 4.90 Å². The lowest BCUT2D eigenvalue weighted by Gasteiger charge is -2.45. The molecule has 3 aliphatic rings. The summed E-state index contributed by atoms with van der Waals surface area (Å²) in [5.74, 6) is 0.753. The molecule has 1 aromatic rings. The molecular weight excluding hydrogens is 350 g/mol. The van der Waals surface area contributed by atoms with Crippen LogP contribution in [0.2, 0.25) is 0 Å². The Labute approximate surface area is 168 Å². The third kappa shape index (κ3) is 3.55. The van der Waals surface area contributed by atoms with Crippen molar-refractivity contribution in [2.45, 2.75) is 57.7 Å². The van der Waals surface area contributed by atoms with Gasteiger partial charge in [-0.2, -0.15) is 4.99 Å². The first kappa shape index (κ1) is 19.1. The maximum atomic E-state index is 6.33. The van der Waals surface area contributed by atoms with Crippen LogP contribution in [-0.2, 0) is 0 Å². The van der Waals surface area contributed by atoms with Gasteiger partial charge in [0.1, 0.15) is 5.66 Å². The molecule has 1 spiro atoms. The van der Waals surface area contributed by atoms with E-state index in [1.807, 2.05) is 0 Å². The lowest BCUT2D eigenvalue weighted by atomic mass is 9.87. The molecule has 4 N–H and O–H groups in total. The lowest BCUT2D eigenvalue weighted by molar-refractivity contribution is 0.209. The van der Waals surface area contributed by atoms with Gasteiger partial charge in [0.15, 0.2) is 0 Å². The van der Waals surface area contributed by atoms with Gasteiger partial charge >= 0.3 is 0 Å². The molecule has 7 heteroatoms. The topological polar surface area (TPSA) is 86.5 Å². The lowest BCUT2D eigenvalue weighted by Crippen LogP contribution is -2.58. The predicted octanol–water partition coefficient (Wildman–Crippen LogP) is 2.33. The van der Waals surface area contributed by atoms with Gasteiger partial charge in [0.2, 0.25) is 11.9 Å². The molecule has 1 saturated carbocycles. The summed E-state index contributed by atoms with van der Waals surface area (Å²) in [6, 6.07) is 9.32. The van der Waals surface area contributed by atoms with Crippen molar-refractivity contribution in [1.29, 1.82) is 0 Å². The Kier molecular flexibility index (Phi) is 5.19. The number of hydrogen-bond acceptors (Lipinski definition) is 7. The van der Waals surface area contributed by atoms with Gasteiger partial charge in [0, 0.05) is 43.6 Å². The van der Waals surface area contributed by atoms with Gasteiger partial charge in [-0.15, -0.1) is 0 Å². The van der Waals surface area contributed by atoms with E-state index in [2.05, 4.69) is 57.8 Å². The smallest absolute Gasteiger partial charge is 0.220 e. The number of piperazine rings is 1. The molecule has 2 fully saturated rings. The van der Waals surface area contributed by atoms with Crippen molar-refractivity contribution in [3.8, 4) is 0 Å². The Morgan fingerprint density at radius 3 is 2.11 bits per heavy atom. The van der Waals surface area contributed by atoms with Crippen molar-refractivity contribution in [2.75, 3.05) is 36.0 Å². The Morgan fingerprint density at radius 1 is 0.893 bits per heavy atom. The van der Waals surface area contributed by atoms with E-state index in [9.17, 15) is 0 Å². The predicted molar refractivity (Wildman–Crippen MR) is 117 cm³/mol. The Hall–Kier alpha value is -2.28. The van der Waals surface area contributed by atoms with Gasteiger partial charge in [0.05, 0.1) is 0 Å². The van der Waals surface area contributed by atoms with E-state index in [0.717, 1.165) is 57.5 Å². The molecule has 1 aliphatic carbocycles. The summed E-state index contributed by atoms with van der Waals surface area (Å²) in [4.78, 5) is 16.1. The van der Waals surface area contributed by atoms with Crippen LogP contribution in [-0.4, -0.2) is 54.7 Å². The quantitative estimate of drug-likeness (QED) is 0.837. The van der Waals surface area contributed by atoms with Gasteiger partial charge in [-0.05, 0) is 63.8 Å². The molecule has 0 unspecified atom stereocenters. The summed E-state index contributed by atoms with van der Waals surface area (Å²) in [7, 11) is 0. The van der Waals surface area contributed by atoms with Crippen LogP contribution in [0.15, 0.2) is 34.3 Å². The van der Waals surface area contributed by atoms with Gasteiger partial charge in [-0.3, -0.25) is 9.80 Å². The summed E-state index contributed by atoms with van der Waals surface area (Å²) >= 11 is 0. The van der Waals surface area contributed by atoms with Gasteiger partial charge < -0.3 is 16.4 Å². The maximum Gasteiger partial charge on any atom is 0.220 e. The van der Waals surface area contributed by atoms with Crippen LogP contribution in [0.3, 0.4) is 0 Å². The highest BCUT2D eigenvalue weighted by Crippen LogP contribution is 2.39. The molecule has 1 aromatic carbocycles. The SMILES string of the molecule is CC(C)N1CCN(c2ccc(N3C(N)=NC(N)=NC34CCCCC4)cc2)CC1. The van der Waals surface area contributed by atoms with Crippen LogP contribution < -0.4 is 21.3 Å². The largest absolute Gasteiger partial charge is 0.369 e. The maximum absolute atomic E-state index is 6.33. The van der Waals surface area contributed by atoms with E-state index in [1.54, 1.807) is 0 Å². The monoisotopic (exact) mass is 383 g/mol. The summed E-state index contributed by atoms with van der Waals surface area (Å²) in [6.07, 6.45) is 5.44. The fourth-order valence-electron chi connectivity index (χ4n) is 4.80. The second kappa shape index (κ2) is 7.62. The van der Waals surface area contributed by atoms with E-state index in [0.29, 0.717) is 18.0 Å². The van der Waals surface area contributed by atoms with Crippen molar-refractivity contribution < 1.29 is 0 Å². The van der Waals surface area contributed by atoms with Crippen LogP contribution in [0.25, 0.3) is 0 Å². The zero-order chi connectivity index (χ0) is 19.7. The molecule has 152 valence electrons. The third-order valence-corrected chi connectivity index (χ3v) is 6.37. The average molecular weight is 384 g/mol. The molecule has 28 heavy (non-hydrogen) atoms. The Bertz CT molecular complexity index is 739. The summed E-state index contributed by atoms with van der Waals surface area (Å²) < 4.78 is 0. The number of nitrogens with two attached hydrogens (primary N) is 2. The van der Waals surface area contributed by atoms with E-state index in [1.165, 1.54) is 12.1 Å². The van der Waals surface area contributed by atoms with Crippen LogP contribution in [0.1, 0.15) is 46.0 Å². The molecule has 7 nitrogen and oxygen atoms in total. The number of aliphatic imine (C=N–C) groups is 2. The molecular formula is C21H33N7. The van der Waals surface area contributed by atoms with Crippen molar-refractivity contribution in [2.24, 2.45) is 21.5 Å². The number of guanidine groups is 2. The zero-order valence-corrected chi connectivity index (χ0v) is 17.1. The molecule has 0 amide bonds. The molecule has 0 aromatic heterocycles. The molecule has 0 radical (unpaired) electrons. The minimum atomic E-state index is -0.376. The van der Waals surface area contributed by atoms with Crippen molar-refractivity contribution in [3.63, 3.8) is 0 Å². The summed E-state index contributed by atoms with van der Waals surface area (Å²) in [6.45, 7) is 8.90. The minimum absolute atomic E-state index is 0.301. The third-order valence-electron chi connectivity index (χ3n) is 6.37. The highest BCUT2D eigenvalue weighted by atomic mass is 15.4. The van der Waals surface area contributed by atoms with Crippen LogP contribution in [0.4, 0.5) is 11.4 Å². The highest BCUT2D eigenvalue weighted by molar-refractivity contribution is 6.05. The summed E-state index contributed by atoms with van der Waals surface area (Å²) in [5.41, 5.74) is 14.2. The van der Waals surface area contributed by atoms with E-state index < -0.39 is 0 Å². The number of hydrogen-bond donors (Lipinski definition) is 2. The first-order valence-corrected chi connectivity index (χ1v) is 10.6. The average Bonchev–Trinajstić information content (AvgIpc) is 2.68. The fraction of sp³-hybridized carbons (Fsp3) is 0.619. The second-order valence-electron chi connectivity index (χ2n) is 8.45. The molecule has 4 rings (SSSR count). The van der Waals surface area contributed by atoms with Gasteiger partial charge in [0.25, 0.3) is 0 Å². The van der Waals surface area contributed by atoms with Gasteiger partial charge in [-0.25, -0.2) is 4.99 Å². The first-order chi connectivity index (χ1) is 13.5. The molecule has 1 saturated heterocycles. The van der Waals surface area contributed by atoms with Crippen LogP contribution in [0.5, 0.6) is 0 Å². The first-order valence-electron chi connectivity index (χ1n) is 10.6. The van der Waals surface area contributed by atoms with E-state index in [-0.39, 0.29) is 5.66 Å². The normalized spacial score (nSPS) is 23.1. The molecule has 0 bridgehead atoms. The molecule has 0 atom stereocenters. The highest BCUT2D eigenvalue weighted by Gasteiger charge is 2.42. The van der Waals surface area contributed by atoms with Crippen LogP contribution >= 0.6 is 0 Å². The van der Waals surface area contributed by atoms with Gasteiger partial charge in [-0.1, -0.05) is 6.42 Å². The zero-order valence-electron chi connectivity index (χ0n) is 17.1. The number of nitrogens with zero attached hydrogens (tertiary/aromatic N) is 5. The van der Waals surface area contributed by atoms with Crippen LogP contribution in [0, 0.1) is 0 Å². The van der Waals surface area contributed by atoms with Crippen molar-refractivity contribution >= 4 is 23.3 Å². The minimum Gasteiger partial charge on any atom is -0.369 e. The van der Waals surface area contributed by atoms with E-state index in [4.69, 9.17) is 16.5 Å². The fourth-order valence-corrected chi connectivity index (χ4v) is 4.80. The number of rotatable bonds is 3. The molecule has 2 heterocycles. The number of benzene rings is 1. The second-order valence-corrected chi connectivity index (χ2v) is 8.45. The Balaban J connectivity index is 1.54. The number of anilines is 2. The van der Waals surface area contributed by atoms with Crippen molar-refractivity contribution in [3.05, 3.63) is 24.3 Å². The standard InChI is InChI=1S/C21H33N7/c1-16(2)26-12-14-27(15-13-26)17-6-8-18(9-7-17)28-20(23)24-19(22)25-21(28)10-4-3-5-11-21/h6-9,16H,3-5,10-15H2,1-2H3,(H4,22,23,24,25).